The van der Waals surface area contributed by atoms with E-state index in [4.69, 9.17) is 11.6 Å². The van der Waals surface area contributed by atoms with Crippen molar-refractivity contribution < 1.29 is 0 Å². The maximum Gasteiger partial charge on any atom is 0.0845 e. The van der Waals surface area contributed by atoms with E-state index in [2.05, 4.69) is 25.8 Å². The molecular weight excluding hydrogens is 134 g/mol. The average molecular weight is 150 g/mol. The minimum atomic E-state index is 0.227. The van der Waals surface area contributed by atoms with Crippen LogP contribution in [0.1, 0.15) is 26.7 Å². The summed E-state index contributed by atoms with van der Waals surface area (Å²) < 4.78 is 0. The highest BCUT2D eigenvalue weighted by Gasteiger charge is 2.05. The fourth-order valence-electron chi connectivity index (χ4n) is 0.804. The van der Waals surface area contributed by atoms with Gasteiger partial charge in [-0.05, 0) is 26.4 Å². The Kier molecular flexibility index (Phi) is 5.21. The Morgan fingerprint density at radius 1 is 1.44 bits per heavy atom. The van der Waals surface area contributed by atoms with Gasteiger partial charge in [0.15, 0.2) is 0 Å². The summed E-state index contributed by atoms with van der Waals surface area (Å²) in [4.78, 5) is 2.17. The average Bonchev–Trinajstić information content (AvgIpc) is 1.87. The summed E-state index contributed by atoms with van der Waals surface area (Å²) in [5.74, 6) is 0. The number of nitrogens with zero attached hydrogens (tertiary/aromatic N) is 1. The molecule has 0 aromatic carbocycles. The zero-order valence-corrected chi connectivity index (χ0v) is 7.28. The van der Waals surface area contributed by atoms with Gasteiger partial charge in [0, 0.05) is 0 Å². The van der Waals surface area contributed by atoms with Crippen LogP contribution in [0.2, 0.25) is 0 Å². The van der Waals surface area contributed by atoms with Gasteiger partial charge in [0.05, 0.1) is 5.50 Å². The quantitative estimate of drug-likeness (QED) is 0.438. The summed E-state index contributed by atoms with van der Waals surface area (Å²) in [5.41, 5.74) is 0.227. The molecule has 0 aliphatic carbocycles. The third-order valence-corrected chi connectivity index (χ3v) is 2.03. The van der Waals surface area contributed by atoms with E-state index in [1.165, 1.54) is 6.42 Å². The molecule has 0 aromatic heterocycles. The predicted octanol–water partition coefficient (Wildman–Crippen LogP) is 2.30. The lowest BCUT2D eigenvalue weighted by atomic mass is 10.4. The molecule has 0 aromatic rings. The van der Waals surface area contributed by atoms with Crippen molar-refractivity contribution in [3.05, 3.63) is 0 Å². The molecule has 0 aliphatic rings. The van der Waals surface area contributed by atoms with Crippen molar-refractivity contribution in [1.29, 1.82) is 0 Å². The summed E-state index contributed by atoms with van der Waals surface area (Å²) in [7, 11) is 2.06. The standard InChI is InChI=1S/C7H16ClN/c1-4-6-9(3)7(8)5-2/h7H,4-6H2,1-3H3. The fourth-order valence-corrected chi connectivity index (χ4v) is 0.902. The zero-order chi connectivity index (χ0) is 7.28. The van der Waals surface area contributed by atoms with Gasteiger partial charge >= 0.3 is 0 Å². The second-order valence-electron chi connectivity index (χ2n) is 2.32. The van der Waals surface area contributed by atoms with E-state index in [-0.39, 0.29) is 5.50 Å². The molecule has 0 saturated carbocycles. The molecule has 2 heteroatoms. The topological polar surface area (TPSA) is 3.24 Å². The molecule has 0 rings (SSSR count). The van der Waals surface area contributed by atoms with E-state index in [1.807, 2.05) is 0 Å². The van der Waals surface area contributed by atoms with E-state index in [0.29, 0.717) is 0 Å². The van der Waals surface area contributed by atoms with Crippen molar-refractivity contribution in [2.45, 2.75) is 32.2 Å². The smallest absolute Gasteiger partial charge is 0.0845 e. The lowest BCUT2D eigenvalue weighted by Gasteiger charge is -2.20. The van der Waals surface area contributed by atoms with Gasteiger partial charge in [-0.15, -0.1) is 11.6 Å². The van der Waals surface area contributed by atoms with E-state index in [1.54, 1.807) is 0 Å². The Bertz CT molecular complexity index is 65.9. The first kappa shape index (κ1) is 9.25. The lowest BCUT2D eigenvalue weighted by molar-refractivity contribution is 0.303. The van der Waals surface area contributed by atoms with Crippen LogP contribution in [0.15, 0.2) is 0 Å². The molecule has 0 heterocycles. The molecular formula is C7H16ClN. The zero-order valence-electron chi connectivity index (χ0n) is 6.52. The number of halogens is 1. The largest absolute Gasteiger partial charge is 0.291 e. The molecule has 0 N–H and O–H groups in total. The van der Waals surface area contributed by atoms with Crippen LogP contribution in [0.5, 0.6) is 0 Å². The van der Waals surface area contributed by atoms with Gasteiger partial charge in [0.1, 0.15) is 0 Å². The molecule has 0 fully saturated rings. The normalized spacial score (nSPS) is 14.3. The lowest BCUT2D eigenvalue weighted by Crippen LogP contribution is -2.26. The van der Waals surface area contributed by atoms with Gasteiger partial charge < -0.3 is 0 Å². The maximum atomic E-state index is 5.92. The third kappa shape index (κ3) is 3.77. The van der Waals surface area contributed by atoms with Gasteiger partial charge in [-0.3, -0.25) is 4.90 Å². The van der Waals surface area contributed by atoms with Gasteiger partial charge in [-0.1, -0.05) is 13.8 Å². The summed E-state index contributed by atoms with van der Waals surface area (Å²) in [6.07, 6.45) is 2.21. The molecule has 0 radical (unpaired) electrons. The van der Waals surface area contributed by atoms with Crippen LogP contribution in [0.3, 0.4) is 0 Å². The van der Waals surface area contributed by atoms with Crippen molar-refractivity contribution in [3.63, 3.8) is 0 Å². The number of alkyl halides is 1. The van der Waals surface area contributed by atoms with Crippen molar-refractivity contribution in [2.24, 2.45) is 0 Å². The minimum Gasteiger partial charge on any atom is -0.291 e. The molecule has 56 valence electrons. The fraction of sp³-hybridized carbons (Fsp3) is 1.00. The van der Waals surface area contributed by atoms with Gasteiger partial charge in [0.25, 0.3) is 0 Å². The highest BCUT2D eigenvalue weighted by molar-refractivity contribution is 6.20. The van der Waals surface area contributed by atoms with Crippen LogP contribution < -0.4 is 0 Å². The Balaban J connectivity index is 3.32. The van der Waals surface area contributed by atoms with Crippen LogP contribution in [0.4, 0.5) is 0 Å². The summed E-state index contributed by atoms with van der Waals surface area (Å²) in [6.45, 7) is 5.36. The van der Waals surface area contributed by atoms with Crippen LogP contribution in [0.25, 0.3) is 0 Å². The van der Waals surface area contributed by atoms with Crippen LogP contribution >= 0.6 is 11.6 Å². The van der Waals surface area contributed by atoms with E-state index < -0.39 is 0 Å². The number of hydrogen-bond donors (Lipinski definition) is 0. The van der Waals surface area contributed by atoms with Gasteiger partial charge in [0.2, 0.25) is 0 Å². The Morgan fingerprint density at radius 2 is 2.00 bits per heavy atom. The second-order valence-corrected chi connectivity index (χ2v) is 2.83. The van der Waals surface area contributed by atoms with Gasteiger partial charge in [-0.25, -0.2) is 0 Å². The Hall–Kier alpha value is 0.250. The molecule has 1 atom stereocenters. The second kappa shape index (κ2) is 5.07. The highest BCUT2D eigenvalue weighted by atomic mass is 35.5. The molecule has 9 heavy (non-hydrogen) atoms. The van der Waals surface area contributed by atoms with Crippen molar-refractivity contribution >= 4 is 11.6 Å². The summed E-state index contributed by atoms with van der Waals surface area (Å²) in [6, 6.07) is 0. The molecule has 1 unspecified atom stereocenters. The molecule has 0 spiro atoms. The molecule has 0 bridgehead atoms. The molecule has 0 aliphatic heterocycles. The Labute approximate surface area is 63.0 Å². The van der Waals surface area contributed by atoms with E-state index in [9.17, 15) is 0 Å². The predicted molar refractivity (Wildman–Crippen MR) is 42.9 cm³/mol. The molecule has 0 amide bonds. The number of rotatable bonds is 4. The maximum absolute atomic E-state index is 5.92. The molecule has 0 saturated heterocycles. The first-order valence-corrected chi connectivity index (χ1v) is 4.00. The molecule has 1 nitrogen and oxygen atoms in total. The third-order valence-electron chi connectivity index (χ3n) is 1.39. The Morgan fingerprint density at radius 3 is 2.33 bits per heavy atom. The SMILES string of the molecule is CCCN(C)C(Cl)CC. The van der Waals surface area contributed by atoms with Crippen molar-refractivity contribution in [1.82, 2.24) is 4.90 Å². The summed E-state index contributed by atoms with van der Waals surface area (Å²) in [5, 5.41) is 0. The summed E-state index contributed by atoms with van der Waals surface area (Å²) >= 11 is 5.92. The number of hydrogen-bond acceptors (Lipinski definition) is 1. The van der Waals surface area contributed by atoms with Gasteiger partial charge in [-0.2, -0.15) is 0 Å². The van der Waals surface area contributed by atoms with Crippen molar-refractivity contribution in [3.8, 4) is 0 Å². The van der Waals surface area contributed by atoms with Crippen LogP contribution in [-0.4, -0.2) is 24.0 Å². The van der Waals surface area contributed by atoms with Crippen LogP contribution in [0, 0.1) is 0 Å². The first-order chi connectivity index (χ1) is 4.22. The van der Waals surface area contributed by atoms with Crippen LogP contribution in [-0.2, 0) is 0 Å². The van der Waals surface area contributed by atoms with E-state index in [0.717, 1.165) is 13.0 Å². The monoisotopic (exact) mass is 149 g/mol. The van der Waals surface area contributed by atoms with E-state index >= 15 is 0 Å². The van der Waals surface area contributed by atoms with Crippen molar-refractivity contribution in [2.75, 3.05) is 13.6 Å². The first-order valence-electron chi connectivity index (χ1n) is 3.56. The highest BCUT2D eigenvalue weighted by Crippen LogP contribution is 2.05. The minimum absolute atomic E-state index is 0.227.